The summed E-state index contributed by atoms with van der Waals surface area (Å²) in [6.07, 6.45) is 4.68. The molecule has 2 rings (SSSR count). The molecule has 1 amide bonds. The minimum absolute atomic E-state index is 0.0373. The Morgan fingerprint density at radius 3 is 2.63 bits per heavy atom. The summed E-state index contributed by atoms with van der Waals surface area (Å²) in [7, 11) is 0. The summed E-state index contributed by atoms with van der Waals surface area (Å²) in [5, 5.41) is 3.03. The first-order valence-electron chi connectivity index (χ1n) is 6.99. The van der Waals surface area contributed by atoms with Crippen LogP contribution in [0, 0.1) is 19.3 Å². The number of amides is 1. The fourth-order valence-electron chi connectivity index (χ4n) is 2.87. The van der Waals surface area contributed by atoms with E-state index < -0.39 is 0 Å². The van der Waals surface area contributed by atoms with Crippen LogP contribution in [0.25, 0.3) is 0 Å². The van der Waals surface area contributed by atoms with Crippen LogP contribution in [-0.2, 0) is 0 Å². The van der Waals surface area contributed by atoms with E-state index in [2.05, 4.69) is 10.3 Å². The van der Waals surface area contributed by atoms with Gasteiger partial charge in [-0.3, -0.25) is 9.78 Å². The normalized spacial score (nSPS) is 17.4. The smallest absolute Gasteiger partial charge is 0.253 e. The average molecular weight is 261 g/mol. The molecule has 0 spiro atoms. The van der Waals surface area contributed by atoms with Crippen molar-refractivity contribution in [2.75, 3.05) is 13.1 Å². The molecule has 0 atom stereocenters. The molecule has 0 saturated heterocycles. The molecule has 104 valence electrons. The van der Waals surface area contributed by atoms with Gasteiger partial charge in [0.25, 0.3) is 5.91 Å². The number of aryl methyl sites for hydroxylation is 2. The van der Waals surface area contributed by atoms with E-state index in [0.29, 0.717) is 18.7 Å². The van der Waals surface area contributed by atoms with E-state index in [-0.39, 0.29) is 11.3 Å². The molecule has 1 aromatic heterocycles. The lowest BCUT2D eigenvalue weighted by molar-refractivity contribution is 0.0931. The molecule has 4 nitrogen and oxygen atoms in total. The number of aromatic nitrogens is 1. The van der Waals surface area contributed by atoms with Gasteiger partial charge in [0.15, 0.2) is 0 Å². The van der Waals surface area contributed by atoms with Crippen LogP contribution in [0.4, 0.5) is 0 Å². The summed E-state index contributed by atoms with van der Waals surface area (Å²) in [6, 6.07) is 3.72. The van der Waals surface area contributed by atoms with Crippen LogP contribution < -0.4 is 11.1 Å². The van der Waals surface area contributed by atoms with Gasteiger partial charge >= 0.3 is 0 Å². The van der Waals surface area contributed by atoms with Crippen molar-refractivity contribution in [2.45, 2.75) is 39.5 Å². The molecule has 0 aromatic carbocycles. The Bertz CT molecular complexity index is 464. The van der Waals surface area contributed by atoms with E-state index in [9.17, 15) is 4.79 Å². The zero-order valence-electron chi connectivity index (χ0n) is 11.8. The van der Waals surface area contributed by atoms with Gasteiger partial charge in [0, 0.05) is 12.2 Å². The number of hydrogen-bond donors (Lipinski definition) is 2. The lowest BCUT2D eigenvalue weighted by atomic mass is 9.86. The predicted octanol–water partition coefficient (Wildman–Crippen LogP) is 1.95. The summed E-state index contributed by atoms with van der Waals surface area (Å²) in [4.78, 5) is 16.5. The Labute approximate surface area is 114 Å². The van der Waals surface area contributed by atoms with Crippen LogP contribution >= 0.6 is 0 Å². The number of nitrogens with one attached hydrogen (secondary N) is 1. The molecule has 1 aliphatic rings. The van der Waals surface area contributed by atoms with Gasteiger partial charge in [-0.15, -0.1) is 0 Å². The van der Waals surface area contributed by atoms with Crippen molar-refractivity contribution >= 4 is 5.91 Å². The van der Waals surface area contributed by atoms with Crippen LogP contribution in [-0.4, -0.2) is 24.0 Å². The average Bonchev–Trinajstić information content (AvgIpc) is 2.85. The third-order valence-corrected chi connectivity index (χ3v) is 4.19. The lowest BCUT2D eigenvalue weighted by Crippen LogP contribution is -2.40. The maximum Gasteiger partial charge on any atom is 0.253 e. The third kappa shape index (κ3) is 3.13. The van der Waals surface area contributed by atoms with Gasteiger partial charge < -0.3 is 11.1 Å². The Hall–Kier alpha value is -1.42. The summed E-state index contributed by atoms with van der Waals surface area (Å²) in [5.74, 6) is -0.0373. The monoisotopic (exact) mass is 261 g/mol. The first kappa shape index (κ1) is 14.0. The Kier molecular flexibility index (Phi) is 4.20. The van der Waals surface area contributed by atoms with Gasteiger partial charge in [0.05, 0.1) is 11.3 Å². The Morgan fingerprint density at radius 2 is 2.05 bits per heavy atom. The predicted molar refractivity (Wildman–Crippen MR) is 76.0 cm³/mol. The van der Waals surface area contributed by atoms with Crippen molar-refractivity contribution in [2.24, 2.45) is 11.1 Å². The highest BCUT2D eigenvalue weighted by Gasteiger charge is 2.32. The van der Waals surface area contributed by atoms with E-state index in [1.165, 1.54) is 12.8 Å². The molecule has 1 aliphatic carbocycles. The van der Waals surface area contributed by atoms with Crippen molar-refractivity contribution in [1.82, 2.24) is 10.3 Å². The van der Waals surface area contributed by atoms with Crippen molar-refractivity contribution in [3.8, 4) is 0 Å². The van der Waals surface area contributed by atoms with Crippen molar-refractivity contribution in [1.29, 1.82) is 0 Å². The first-order chi connectivity index (χ1) is 9.06. The lowest BCUT2D eigenvalue weighted by Gasteiger charge is -2.27. The molecule has 0 radical (unpaired) electrons. The highest BCUT2D eigenvalue weighted by molar-refractivity contribution is 5.95. The summed E-state index contributed by atoms with van der Waals surface area (Å²) < 4.78 is 0. The van der Waals surface area contributed by atoms with E-state index >= 15 is 0 Å². The number of pyridine rings is 1. The van der Waals surface area contributed by atoms with Crippen molar-refractivity contribution in [3.05, 3.63) is 29.1 Å². The van der Waals surface area contributed by atoms with Crippen LogP contribution in [0.15, 0.2) is 12.1 Å². The van der Waals surface area contributed by atoms with Gasteiger partial charge in [0.2, 0.25) is 0 Å². The summed E-state index contributed by atoms with van der Waals surface area (Å²) >= 11 is 0. The van der Waals surface area contributed by atoms with Gasteiger partial charge in [-0.25, -0.2) is 0 Å². The maximum absolute atomic E-state index is 12.2. The third-order valence-electron chi connectivity index (χ3n) is 4.19. The van der Waals surface area contributed by atoms with E-state index in [0.717, 1.165) is 24.2 Å². The second-order valence-electron chi connectivity index (χ2n) is 5.68. The molecule has 0 unspecified atom stereocenters. The number of carbonyl (C=O) groups excluding carboxylic acids is 1. The minimum atomic E-state index is -0.0373. The van der Waals surface area contributed by atoms with Crippen molar-refractivity contribution < 1.29 is 4.79 Å². The van der Waals surface area contributed by atoms with Gasteiger partial charge in [-0.05, 0) is 50.8 Å². The van der Waals surface area contributed by atoms with E-state index in [4.69, 9.17) is 5.73 Å². The van der Waals surface area contributed by atoms with Crippen LogP contribution in [0.5, 0.6) is 0 Å². The Morgan fingerprint density at radius 1 is 1.37 bits per heavy atom. The number of nitrogens with zero attached hydrogens (tertiary/aromatic N) is 1. The molecule has 19 heavy (non-hydrogen) atoms. The van der Waals surface area contributed by atoms with Crippen LogP contribution in [0.3, 0.4) is 0 Å². The maximum atomic E-state index is 12.2. The molecule has 3 N–H and O–H groups in total. The molecular formula is C15H23N3O. The highest BCUT2D eigenvalue weighted by Crippen LogP contribution is 2.36. The number of nitrogens with two attached hydrogens (primary N) is 1. The topological polar surface area (TPSA) is 68.0 Å². The molecule has 1 fully saturated rings. The number of rotatable bonds is 4. The minimum Gasteiger partial charge on any atom is -0.351 e. The van der Waals surface area contributed by atoms with Crippen LogP contribution in [0.1, 0.15) is 47.4 Å². The molecule has 0 bridgehead atoms. The molecule has 1 saturated carbocycles. The SMILES string of the molecule is Cc1ccc(C(=O)NCC2(CN)CCCC2)c(C)n1. The second kappa shape index (κ2) is 5.70. The molecule has 1 aromatic rings. The summed E-state index contributed by atoms with van der Waals surface area (Å²) in [6.45, 7) is 5.13. The fraction of sp³-hybridized carbons (Fsp3) is 0.600. The largest absolute Gasteiger partial charge is 0.351 e. The quantitative estimate of drug-likeness (QED) is 0.870. The van der Waals surface area contributed by atoms with Gasteiger partial charge in [-0.2, -0.15) is 0 Å². The first-order valence-corrected chi connectivity index (χ1v) is 6.99. The molecule has 1 heterocycles. The van der Waals surface area contributed by atoms with E-state index in [1.807, 2.05) is 26.0 Å². The summed E-state index contributed by atoms with van der Waals surface area (Å²) in [5.41, 5.74) is 8.37. The second-order valence-corrected chi connectivity index (χ2v) is 5.68. The standard InChI is InChI=1S/C15H23N3O/c1-11-5-6-13(12(2)18-11)14(19)17-10-15(9-16)7-3-4-8-15/h5-6H,3-4,7-10,16H2,1-2H3,(H,17,19). The Balaban J connectivity index is 2.01. The molecular weight excluding hydrogens is 238 g/mol. The molecule has 4 heteroatoms. The van der Waals surface area contributed by atoms with E-state index in [1.54, 1.807) is 0 Å². The molecule has 0 aliphatic heterocycles. The van der Waals surface area contributed by atoms with Crippen molar-refractivity contribution in [3.63, 3.8) is 0 Å². The zero-order chi connectivity index (χ0) is 13.9. The number of hydrogen-bond acceptors (Lipinski definition) is 3. The highest BCUT2D eigenvalue weighted by atomic mass is 16.1. The van der Waals surface area contributed by atoms with Gasteiger partial charge in [-0.1, -0.05) is 12.8 Å². The zero-order valence-corrected chi connectivity index (χ0v) is 11.8. The number of carbonyl (C=O) groups is 1. The fourth-order valence-corrected chi connectivity index (χ4v) is 2.87. The van der Waals surface area contributed by atoms with Gasteiger partial charge in [0.1, 0.15) is 0 Å². The van der Waals surface area contributed by atoms with Crippen LogP contribution in [0.2, 0.25) is 0 Å².